The number of hydrogen-bond acceptors (Lipinski definition) is 3. The topological polar surface area (TPSA) is 57.7 Å². The van der Waals surface area contributed by atoms with Crippen LogP contribution in [0.3, 0.4) is 0 Å². The van der Waals surface area contributed by atoms with E-state index in [0.29, 0.717) is 28.3 Å². The van der Waals surface area contributed by atoms with Gasteiger partial charge in [-0.15, -0.1) is 0 Å². The predicted octanol–water partition coefficient (Wildman–Crippen LogP) is 4.45. The molecule has 5 nitrogen and oxygen atoms in total. The van der Waals surface area contributed by atoms with Crippen LogP contribution in [0, 0.1) is 18.8 Å². The standard InChI is InChI=1S/C25H26N2O3/c1-16-6-2-5-9-22(16)27-24(29)20-11-10-18(14-21(20)25(27)30)23(28)26-13-12-17-7-3-4-8-19(17)15-26/h2,5-6,9-11,14,17,19H,3-4,7-8,12-13,15H2,1H3/t17-,19-/m1/s1. The Morgan fingerprint density at radius 2 is 1.63 bits per heavy atom. The Kier molecular flexibility index (Phi) is 4.69. The average molecular weight is 402 g/mol. The van der Waals surface area contributed by atoms with Gasteiger partial charge in [0.1, 0.15) is 0 Å². The van der Waals surface area contributed by atoms with Crippen LogP contribution in [0.15, 0.2) is 42.5 Å². The van der Waals surface area contributed by atoms with Gasteiger partial charge < -0.3 is 4.90 Å². The summed E-state index contributed by atoms with van der Waals surface area (Å²) >= 11 is 0. The van der Waals surface area contributed by atoms with Gasteiger partial charge in [0.2, 0.25) is 0 Å². The summed E-state index contributed by atoms with van der Waals surface area (Å²) in [7, 11) is 0. The largest absolute Gasteiger partial charge is 0.338 e. The highest BCUT2D eigenvalue weighted by Crippen LogP contribution is 2.37. The molecule has 2 heterocycles. The van der Waals surface area contributed by atoms with Crippen molar-refractivity contribution < 1.29 is 14.4 Å². The van der Waals surface area contributed by atoms with Crippen LogP contribution in [0.5, 0.6) is 0 Å². The lowest BCUT2D eigenvalue weighted by molar-refractivity contribution is 0.0520. The molecule has 3 amide bonds. The van der Waals surface area contributed by atoms with Gasteiger partial charge >= 0.3 is 0 Å². The molecule has 2 aromatic rings. The summed E-state index contributed by atoms with van der Waals surface area (Å²) in [6, 6.07) is 12.3. The van der Waals surface area contributed by atoms with Crippen LogP contribution in [-0.4, -0.2) is 35.7 Å². The zero-order valence-corrected chi connectivity index (χ0v) is 17.3. The lowest BCUT2D eigenvalue weighted by Crippen LogP contribution is -2.44. The van der Waals surface area contributed by atoms with Crippen LogP contribution in [0.4, 0.5) is 5.69 Å². The van der Waals surface area contributed by atoms with E-state index in [1.165, 1.54) is 30.6 Å². The number of rotatable bonds is 2. The number of aryl methyl sites for hydroxylation is 1. The lowest BCUT2D eigenvalue weighted by Gasteiger charge is -2.41. The van der Waals surface area contributed by atoms with Gasteiger partial charge in [-0.3, -0.25) is 14.4 Å². The molecule has 5 heteroatoms. The first-order chi connectivity index (χ1) is 14.5. The van der Waals surface area contributed by atoms with E-state index in [1.807, 2.05) is 30.0 Å². The fourth-order valence-corrected chi connectivity index (χ4v) is 5.37. The number of piperidine rings is 1. The molecule has 30 heavy (non-hydrogen) atoms. The zero-order chi connectivity index (χ0) is 20.8. The number of imide groups is 1. The molecule has 1 saturated carbocycles. The fraction of sp³-hybridized carbons (Fsp3) is 0.400. The SMILES string of the molecule is Cc1ccccc1N1C(=O)c2ccc(C(=O)N3CC[C@H]4CCCC[C@@H]4C3)cc2C1=O. The van der Waals surface area contributed by atoms with Crippen LogP contribution < -0.4 is 4.90 Å². The van der Waals surface area contributed by atoms with Crippen molar-refractivity contribution in [2.24, 2.45) is 11.8 Å². The number of para-hydroxylation sites is 1. The van der Waals surface area contributed by atoms with Crippen molar-refractivity contribution in [3.8, 4) is 0 Å². The van der Waals surface area contributed by atoms with Crippen LogP contribution in [0.1, 0.15) is 68.7 Å². The lowest BCUT2D eigenvalue weighted by atomic mass is 9.75. The van der Waals surface area contributed by atoms with Crippen molar-refractivity contribution in [1.82, 2.24) is 4.90 Å². The van der Waals surface area contributed by atoms with Gasteiger partial charge in [0.05, 0.1) is 16.8 Å². The highest BCUT2D eigenvalue weighted by Gasteiger charge is 2.38. The quantitative estimate of drug-likeness (QED) is 0.698. The van der Waals surface area contributed by atoms with E-state index < -0.39 is 0 Å². The third-order valence-electron chi connectivity index (χ3n) is 7.07. The number of anilines is 1. The maximum atomic E-state index is 13.2. The van der Waals surface area contributed by atoms with Crippen molar-refractivity contribution in [2.45, 2.75) is 39.0 Å². The second-order valence-electron chi connectivity index (χ2n) is 8.84. The Bertz CT molecular complexity index is 1040. The van der Waals surface area contributed by atoms with E-state index in [2.05, 4.69) is 0 Å². The van der Waals surface area contributed by atoms with Crippen molar-refractivity contribution in [2.75, 3.05) is 18.0 Å². The molecule has 0 spiro atoms. The Morgan fingerprint density at radius 3 is 2.43 bits per heavy atom. The second kappa shape index (κ2) is 7.38. The first kappa shape index (κ1) is 19.0. The molecule has 0 N–H and O–H groups in total. The van der Waals surface area contributed by atoms with E-state index in [9.17, 15) is 14.4 Å². The normalized spacial score (nSPS) is 23.4. The van der Waals surface area contributed by atoms with E-state index in [1.54, 1.807) is 24.3 Å². The molecule has 154 valence electrons. The summed E-state index contributed by atoms with van der Waals surface area (Å²) in [4.78, 5) is 42.3. The van der Waals surface area contributed by atoms with Crippen molar-refractivity contribution in [3.63, 3.8) is 0 Å². The van der Waals surface area contributed by atoms with Crippen LogP contribution in [0.25, 0.3) is 0 Å². The average Bonchev–Trinajstić information content (AvgIpc) is 3.03. The Labute approximate surface area is 176 Å². The second-order valence-corrected chi connectivity index (χ2v) is 8.84. The number of hydrogen-bond donors (Lipinski definition) is 0. The number of carbonyl (C=O) groups is 3. The third-order valence-corrected chi connectivity index (χ3v) is 7.07. The molecule has 1 saturated heterocycles. The molecule has 0 radical (unpaired) electrons. The predicted molar refractivity (Wildman–Crippen MR) is 115 cm³/mol. The number of carbonyl (C=O) groups excluding carboxylic acids is 3. The Hall–Kier alpha value is -2.95. The number of nitrogens with zero attached hydrogens (tertiary/aromatic N) is 2. The van der Waals surface area contributed by atoms with Gasteiger partial charge in [-0.25, -0.2) is 4.90 Å². The van der Waals surface area contributed by atoms with Gasteiger partial charge in [0.15, 0.2) is 0 Å². The molecule has 2 atom stereocenters. The number of benzene rings is 2. The molecule has 0 aromatic heterocycles. The monoisotopic (exact) mass is 402 g/mol. The summed E-state index contributed by atoms with van der Waals surface area (Å²) in [5.41, 5.74) is 2.64. The minimum atomic E-state index is -0.357. The van der Waals surface area contributed by atoms with Gasteiger partial charge in [-0.2, -0.15) is 0 Å². The van der Waals surface area contributed by atoms with Crippen LogP contribution in [-0.2, 0) is 0 Å². The van der Waals surface area contributed by atoms with Crippen LogP contribution in [0.2, 0.25) is 0 Å². The molecule has 2 aromatic carbocycles. The zero-order valence-electron chi connectivity index (χ0n) is 17.3. The summed E-state index contributed by atoms with van der Waals surface area (Å²) in [6.07, 6.45) is 6.13. The molecule has 2 fully saturated rings. The summed E-state index contributed by atoms with van der Waals surface area (Å²) < 4.78 is 0. The fourth-order valence-electron chi connectivity index (χ4n) is 5.37. The Balaban J connectivity index is 1.41. The maximum absolute atomic E-state index is 13.2. The van der Waals surface area contributed by atoms with E-state index in [-0.39, 0.29) is 17.7 Å². The third kappa shape index (κ3) is 3.04. The summed E-state index contributed by atoms with van der Waals surface area (Å²) in [5.74, 6) is 0.642. The molecule has 1 aliphatic carbocycles. The summed E-state index contributed by atoms with van der Waals surface area (Å²) in [6.45, 7) is 3.46. The van der Waals surface area contributed by atoms with Gasteiger partial charge in [0, 0.05) is 18.7 Å². The highest BCUT2D eigenvalue weighted by molar-refractivity contribution is 6.35. The number of amides is 3. The van der Waals surface area contributed by atoms with E-state index in [0.717, 1.165) is 31.0 Å². The maximum Gasteiger partial charge on any atom is 0.266 e. The molecular weight excluding hydrogens is 376 g/mol. The minimum Gasteiger partial charge on any atom is -0.338 e. The Morgan fingerprint density at radius 1 is 0.900 bits per heavy atom. The molecule has 0 unspecified atom stereocenters. The van der Waals surface area contributed by atoms with E-state index in [4.69, 9.17) is 0 Å². The van der Waals surface area contributed by atoms with Gasteiger partial charge in [-0.1, -0.05) is 37.5 Å². The van der Waals surface area contributed by atoms with Crippen molar-refractivity contribution in [3.05, 3.63) is 64.7 Å². The van der Waals surface area contributed by atoms with Crippen molar-refractivity contribution in [1.29, 1.82) is 0 Å². The molecule has 5 rings (SSSR count). The minimum absolute atomic E-state index is 0.0311. The first-order valence-corrected chi connectivity index (χ1v) is 10.9. The molecule has 0 bridgehead atoms. The molecule has 2 aliphatic heterocycles. The van der Waals surface area contributed by atoms with E-state index >= 15 is 0 Å². The van der Waals surface area contributed by atoms with Gasteiger partial charge in [0.25, 0.3) is 17.7 Å². The van der Waals surface area contributed by atoms with Gasteiger partial charge in [-0.05, 0) is 61.4 Å². The number of fused-ring (bicyclic) bond motifs is 2. The molecule has 3 aliphatic rings. The first-order valence-electron chi connectivity index (χ1n) is 10.9. The smallest absolute Gasteiger partial charge is 0.266 e. The summed E-state index contributed by atoms with van der Waals surface area (Å²) in [5, 5.41) is 0. The van der Waals surface area contributed by atoms with Crippen LogP contribution >= 0.6 is 0 Å². The molecular formula is C25H26N2O3. The van der Waals surface area contributed by atoms with Crippen molar-refractivity contribution >= 4 is 23.4 Å². The highest BCUT2D eigenvalue weighted by atomic mass is 16.2. The number of likely N-dealkylation sites (tertiary alicyclic amines) is 1.